The molecule has 8 heteroatoms. The van der Waals surface area contributed by atoms with Crippen molar-refractivity contribution in [2.45, 2.75) is 18.7 Å². The van der Waals surface area contributed by atoms with E-state index in [1.807, 2.05) is 0 Å². The molecule has 0 aliphatic carbocycles. The zero-order valence-corrected chi connectivity index (χ0v) is 11.6. The Morgan fingerprint density at radius 1 is 1.42 bits per heavy atom. The van der Waals surface area contributed by atoms with Gasteiger partial charge in [-0.1, -0.05) is 6.92 Å². The van der Waals surface area contributed by atoms with Crippen molar-refractivity contribution >= 4 is 16.0 Å². The number of aromatic amines is 1. The predicted molar refractivity (Wildman–Crippen MR) is 68.1 cm³/mol. The van der Waals surface area contributed by atoms with Gasteiger partial charge in [0.25, 0.3) is 0 Å². The minimum atomic E-state index is -4.01. The highest BCUT2D eigenvalue weighted by Crippen LogP contribution is 2.10. The van der Waals surface area contributed by atoms with Gasteiger partial charge in [-0.2, -0.15) is 4.31 Å². The first-order chi connectivity index (χ1) is 8.93. The number of rotatable bonds is 6. The van der Waals surface area contributed by atoms with Gasteiger partial charge in [0.2, 0.25) is 15.5 Å². The number of hydrogen-bond acceptors (Lipinski definition) is 5. The molecule has 0 atom stereocenters. The number of H-pyrrole nitrogens is 1. The summed E-state index contributed by atoms with van der Waals surface area (Å²) in [5, 5.41) is 0. The van der Waals surface area contributed by atoms with Crippen LogP contribution in [-0.4, -0.2) is 43.4 Å². The Morgan fingerprint density at radius 3 is 2.63 bits per heavy atom. The molecule has 106 valence electrons. The van der Waals surface area contributed by atoms with Crippen molar-refractivity contribution < 1.29 is 17.9 Å². The molecule has 0 aromatic carbocycles. The number of ether oxygens (including phenoxy) is 1. The van der Waals surface area contributed by atoms with Crippen molar-refractivity contribution in [1.29, 1.82) is 0 Å². The first-order valence-corrected chi connectivity index (χ1v) is 7.20. The number of carbonyl (C=O) groups excluding carboxylic acids is 1. The van der Waals surface area contributed by atoms with Gasteiger partial charge in [-0.05, 0) is 6.92 Å². The third-order valence-electron chi connectivity index (χ3n) is 2.37. The highest BCUT2D eigenvalue weighted by molar-refractivity contribution is 7.89. The molecular formula is C11H16N2O5S. The summed E-state index contributed by atoms with van der Waals surface area (Å²) in [6, 6.07) is 1.12. The summed E-state index contributed by atoms with van der Waals surface area (Å²) in [5.41, 5.74) is -0.624. The second-order valence-corrected chi connectivity index (χ2v) is 5.52. The Labute approximate surface area is 111 Å². The van der Waals surface area contributed by atoms with E-state index < -0.39 is 28.0 Å². The third-order valence-corrected chi connectivity index (χ3v) is 4.31. The summed E-state index contributed by atoms with van der Waals surface area (Å²) < 4.78 is 30.0. The van der Waals surface area contributed by atoms with Crippen molar-refractivity contribution in [2.24, 2.45) is 0 Å². The topological polar surface area (TPSA) is 96.5 Å². The van der Waals surface area contributed by atoms with Gasteiger partial charge in [0.05, 0.1) is 6.61 Å². The number of sulfonamides is 1. The fourth-order valence-corrected chi connectivity index (χ4v) is 2.89. The van der Waals surface area contributed by atoms with E-state index in [9.17, 15) is 18.0 Å². The van der Waals surface area contributed by atoms with Gasteiger partial charge in [-0.25, -0.2) is 8.42 Å². The maximum atomic E-state index is 12.2. The number of carbonyl (C=O) groups is 1. The summed E-state index contributed by atoms with van der Waals surface area (Å²) >= 11 is 0. The fourth-order valence-electron chi connectivity index (χ4n) is 1.46. The van der Waals surface area contributed by atoms with Crippen LogP contribution in [0.3, 0.4) is 0 Å². The zero-order valence-electron chi connectivity index (χ0n) is 10.8. The highest BCUT2D eigenvalue weighted by Gasteiger charge is 2.27. The lowest BCUT2D eigenvalue weighted by molar-refractivity contribution is -0.143. The van der Waals surface area contributed by atoms with E-state index in [0.717, 1.165) is 16.6 Å². The molecule has 0 amide bonds. The Kier molecular flexibility index (Phi) is 5.25. The van der Waals surface area contributed by atoms with E-state index in [1.165, 1.54) is 6.20 Å². The van der Waals surface area contributed by atoms with Crippen LogP contribution in [0.15, 0.2) is 28.2 Å². The van der Waals surface area contributed by atoms with E-state index >= 15 is 0 Å². The molecule has 1 rings (SSSR count). The first kappa shape index (κ1) is 15.4. The second kappa shape index (κ2) is 6.48. The molecule has 19 heavy (non-hydrogen) atoms. The van der Waals surface area contributed by atoms with Gasteiger partial charge < -0.3 is 9.72 Å². The number of nitrogens with one attached hydrogen (secondary N) is 1. The van der Waals surface area contributed by atoms with Crippen molar-refractivity contribution in [1.82, 2.24) is 9.29 Å². The van der Waals surface area contributed by atoms with Crippen LogP contribution in [0.4, 0.5) is 0 Å². The smallest absolute Gasteiger partial charge is 0.321 e. The average molecular weight is 288 g/mol. The molecule has 0 saturated carbocycles. The van der Waals surface area contributed by atoms with Crippen LogP contribution in [-0.2, 0) is 19.6 Å². The zero-order chi connectivity index (χ0) is 14.5. The van der Waals surface area contributed by atoms with E-state index in [-0.39, 0.29) is 18.0 Å². The number of esters is 1. The lowest BCUT2D eigenvalue weighted by Crippen LogP contribution is -2.38. The molecule has 0 radical (unpaired) electrons. The van der Waals surface area contributed by atoms with Crippen LogP contribution in [0.2, 0.25) is 0 Å². The van der Waals surface area contributed by atoms with Crippen LogP contribution in [0.5, 0.6) is 0 Å². The van der Waals surface area contributed by atoms with Crippen LogP contribution >= 0.6 is 0 Å². The van der Waals surface area contributed by atoms with Crippen molar-refractivity contribution in [2.75, 3.05) is 19.7 Å². The molecule has 0 unspecified atom stereocenters. The monoisotopic (exact) mass is 288 g/mol. The van der Waals surface area contributed by atoms with Crippen LogP contribution in [0.1, 0.15) is 13.8 Å². The molecule has 1 aromatic heterocycles. The minimum absolute atomic E-state index is 0.0650. The number of nitrogens with zero attached hydrogens (tertiary/aromatic N) is 1. The lowest BCUT2D eigenvalue weighted by Gasteiger charge is -2.18. The molecule has 0 bridgehead atoms. The maximum absolute atomic E-state index is 12.2. The molecule has 1 N–H and O–H groups in total. The van der Waals surface area contributed by atoms with Crippen molar-refractivity contribution in [3.8, 4) is 0 Å². The summed E-state index contributed by atoms with van der Waals surface area (Å²) in [5.74, 6) is -0.653. The molecule has 0 fully saturated rings. The molecule has 1 aromatic rings. The standard InChI is InChI=1S/C11H16N2O5S/c1-3-13(8-11(15)18-4-2)19(16,17)10-7-12-6-5-9(10)14/h5-7H,3-4,8H2,1-2H3,(H,12,14). The Morgan fingerprint density at radius 2 is 2.11 bits per heavy atom. The van der Waals surface area contributed by atoms with Gasteiger partial charge in [-0.15, -0.1) is 0 Å². The summed E-state index contributed by atoms with van der Waals surface area (Å²) in [7, 11) is -4.01. The normalized spacial score (nSPS) is 11.5. The number of likely N-dealkylation sites (N-methyl/N-ethyl adjacent to an activating group) is 1. The molecule has 1 heterocycles. The van der Waals surface area contributed by atoms with Crippen molar-refractivity contribution in [3.63, 3.8) is 0 Å². The summed E-state index contributed by atoms with van der Waals surface area (Å²) in [6.45, 7) is 3.03. The first-order valence-electron chi connectivity index (χ1n) is 5.76. The Balaban J connectivity index is 3.07. The highest BCUT2D eigenvalue weighted by atomic mass is 32.2. The SMILES string of the molecule is CCOC(=O)CN(CC)S(=O)(=O)c1c[nH]ccc1=O. The Hall–Kier alpha value is -1.67. The van der Waals surface area contributed by atoms with Crippen LogP contribution in [0.25, 0.3) is 0 Å². The van der Waals surface area contributed by atoms with Gasteiger partial charge in [-0.3, -0.25) is 9.59 Å². The van der Waals surface area contributed by atoms with E-state index in [0.29, 0.717) is 0 Å². The van der Waals surface area contributed by atoms with Gasteiger partial charge in [0.15, 0.2) is 0 Å². The molecule has 0 spiro atoms. The summed E-state index contributed by atoms with van der Waals surface area (Å²) in [4.78, 5) is 25.1. The average Bonchev–Trinajstić information content (AvgIpc) is 2.36. The summed E-state index contributed by atoms with van der Waals surface area (Å²) in [6.07, 6.45) is 2.44. The van der Waals surface area contributed by atoms with Gasteiger partial charge in [0.1, 0.15) is 11.4 Å². The number of hydrogen-bond donors (Lipinski definition) is 1. The van der Waals surface area contributed by atoms with Crippen molar-refractivity contribution in [3.05, 3.63) is 28.7 Å². The molecular weight excluding hydrogens is 272 g/mol. The quantitative estimate of drug-likeness (QED) is 0.740. The third kappa shape index (κ3) is 3.65. The van der Waals surface area contributed by atoms with Gasteiger partial charge >= 0.3 is 5.97 Å². The van der Waals surface area contributed by atoms with E-state index in [4.69, 9.17) is 4.74 Å². The molecule has 0 saturated heterocycles. The molecule has 0 aliphatic heterocycles. The largest absolute Gasteiger partial charge is 0.465 e. The van der Waals surface area contributed by atoms with Crippen LogP contribution < -0.4 is 5.43 Å². The lowest BCUT2D eigenvalue weighted by atomic mass is 10.5. The fraction of sp³-hybridized carbons (Fsp3) is 0.455. The second-order valence-electron chi connectivity index (χ2n) is 3.61. The molecule has 0 aliphatic rings. The maximum Gasteiger partial charge on any atom is 0.321 e. The Bertz CT molecular complexity index is 593. The van der Waals surface area contributed by atoms with E-state index in [2.05, 4.69) is 4.98 Å². The van der Waals surface area contributed by atoms with Gasteiger partial charge in [0, 0.05) is 25.0 Å². The number of aromatic nitrogens is 1. The molecule has 7 nitrogen and oxygen atoms in total. The number of pyridine rings is 1. The van der Waals surface area contributed by atoms with Crippen LogP contribution in [0, 0.1) is 0 Å². The minimum Gasteiger partial charge on any atom is -0.465 e. The van der Waals surface area contributed by atoms with E-state index in [1.54, 1.807) is 13.8 Å². The predicted octanol–water partition coefficient (Wildman–Crippen LogP) is -0.0514.